The zero-order chi connectivity index (χ0) is 23.1. The summed E-state index contributed by atoms with van der Waals surface area (Å²) < 4.78 is 28.5. The highest BCUT2D eigenvalue weighted by atomic mass is 32.2. The molecule has 3 aromatic rings. The number of sulfonamides is 1. The first-order chi connectivity index (χ1) is 15.2. The molecule has 0 aliphatic carbocycles. The highest BCUT2D eigenvalue weighted by Crippen LogP contribution is 2.27. The number of nitro groups is 1. The molecule has 1 amide bonds. The molecule has 3 rings (SSSR count). The van der Waals surface area contributed by atoms with Gasteiger partial charge >= 0.3 is 0 Å². The lowest BCUT2D eigenvalue weighted by Crippen LogP contribution is -2.17. The number of hydrogen-bond donors (Lipinski definition) is 3. The van der Waals surface area contributed by atoms with Crippen LogP contribution < -0.4 is 20.5 Å². The summed E-state index contributed by atoms with van der Waals surface area (Å²) in [7, 11) is -4.07. The zero-order valence-corrected chi connectivity index (χ0v) is 17.5. The van der Waals surface area contributed by atoms with Crippen molar-refractivity contribution in [1.82, 2.24) is 0 Å². The molecular weight excluding hydrogens is 436 g/mol. The van der Waals surface area contributed by atoms with E-state index in [4.69, 9.17) is 9.88 Å². The summed E-state index contributed by atoms with van der Waals surface area (Å²) in [6.45, 7) is 0.0938. The van der Waals surface area contributed by atoms with Gasteiger partial charge in [-0.25, -0.2) is 13.6 Å². The molecule has 0 aromatic heterocycles. The van der Waals surface area contributed by atoms with Gasteiger partial charge in [0, 0.05) is 24.7 Å². The van der Waals surface area contributed by atoms with Gasteiger partial charge in [0.15, 0.2) is 0 Å². The lowest BCUT2D eigenvalue weighted by Gasteiger charge is -2.10. The number of hydrogen-bond acceptors (Lipinski definition) is 7. The molecule has 0 unspecified atom stereocenters. The molecule has 0 aliphatic rings. The topological polar surface area (TPSA) is 154 Å². The van der Waals surface area contributed by atoms with Crippen LogP contribution in [-0.2, 0) is 14.8 Å². The second kappa shape index (κ2) is 9.90. The first kappa shape index (κ1) is 22.7. The van der Waals surface area contributed by atoms with Crippen molar-refractivity contribution in [1.29, 1.82) is 0 Å². The Hall–Kier alpha value is -3.96. The molecule has 0 heterocycles. The maximum absolute atomic E-state index is 12.2. The summed E-state index contributed by atoms with van der Waals surface area (Å²) in [6.07, 6.45) is 0.0242. The molecule has 32 heavy (non-hydrogen) atoms. The number of anilines is 2. The fourth-order valence-corrected chi connectivity index (χ4v) is 3.29. The van der Waals surface area contributed by atoms with Crippen LogP contribution in [0.2, 0.25) is 0 Å². The summed E-state index contributed by atoms with van der Waals surface area (Å²) >= 11 is 0. The number of nitrogens with one attached hydrogen (secondary N) is 2. The number of primary sulfonamides is 1. The van der Waals surface area contributed by atoms with Crippen LogP contribution >= 0.6 is 0 Å². The highest BCUT2D eigenvalue weighted by Gasteiger charge is 2.19. The number of nitrogens with two attached hydrogens (primary N) is 1. The van der Waals surface area contributed by atoms with Crippen molar-refractivity contribution in [3.05, 3.63) is 82.9 Å². The molecule has 0 radical (unpaired) electrons. The minimum atomic E-state index is -4.07. The van der Waals surface area contributed by atoms with Gasteiger partial charge in [0.2, 0.25) is 15.9 Å². The van der Waals surface area contributed by atoms with Gasteiger partial charge in [-0.05, 0) is 48.5 Å². The smallest absolute Gasteiger partial charge is 0.293 e. The molecule has 0 bridgehead atoms. The van der Waals surface area contributed by atoms with Crippen LogP contribution in [0.3, 0.4) is 0 Å². The van der Waals surface area contributed by atoms with Crippen molar-refractivity contribution >= 4 is 33.0 Å². The van der Waals surface area contributed by atoms with E-state index < -0.39 is 20.6 Å². The summed E-state index contributed by atoms with van der Waals surface area (Å²) in [5, 5.41) is 21.7. The Morgan fingerprint density at radius 3 is 2.28 bits per heavy atom. The van der Waals surface area contributed by atoms with Crippen molar-refractivity contribution in [3.8, 4) is 11.5 Å². The van der Waals surface area contributed by atoms with Gasteiger partial charge in [-0.15, -0.1) is 0 Å². The van der Waals surface area contributed by atoms with Crippen LogP contribution in [0.4, 0.5) is 17.1 Å². The Kier molecular flexibility index (Phi) is 7.03. The lowest BCUT2D eigenvalue weighted by atomic mass is 10.2. The minimum absolute atomic E-state index is 0.0242. The summed E-state index contributed by atoms with van der Waals surface area (Å²) in [4.78, 5) is 22.3. The van der Waals surface area contributed by atoms with Gasteiger partial charge in [0.25, 0.3) is 5.69 Å². The van der Waals surface area contributed by atoms with Gasteiger partial charge in [-0.3, -0.25) is 14.9 Å². The van der Waals surface area contributed by atoms with Crippen molar-refractivity contribution in [2.45, 2.75) is 11.3 Å². The molecule has 0 atom stereocenters. The number of carbonyl (C=O) groups excluding carboxylic acids is 1. The highest BCUT2D eigenvalue weighted by molar-refractivity contribution is 7.89. The van der Waals surface area contributed by atoms with E-state index in [1.54, 1.807) is 24.3 Å². The van der Waals surface area contributed by atoms with Gasteiger partial charge in [0.1, 0.15) is 17.2 Å². The molecule has 0 saturated heterocycles. The normalized spacial score (nSPS) is 10.9. The number of nitro benzene ring substituents is 1. The maximum atomic E-state index is 12.2. The summed E-state index contributed by atoms with van der Waals surface area (Å²) in [5.74, 6) is 1.01. The van der Waals surface area contributed by atoms with Crippen LogP contribution in [0.5, 0.6) is 11.5 Å². The first-order valence-electron chi connectivity index (χ1n) is 9.40. The Morgan fingerprint density at radius 1 is 1.00 bits per heavy atom. The van der Waals surface area contributed by atoms with Gasteiger partial charge < -0.3 is 15.4 Å². The number of amides is 1. The van der Waals surface area contributed by atoms with Crippen molar-refractivity contribution in [2.75, 3.05) is 17.2 Å². The molecule has 4 N–H and O–H groups in total. The van der Waals surface area contributed by atoms with Crippen LogP contribution in [0.25, 0.3) is 0 Å². The predicted octanol–water partition coefficient (Wildman–Crippen LogP) is 3.48. The third kappa shape index (κ3) is 6.27. The van der Waals surface area contributed by atoms with E-state index in [1.807, 2.05) is 30.3 Å². The molecule has 3 aromatic carbocycles. The van der Waals surface area contributed by atoms with E-state index in [0.29, 0.717) is 17.2 Å². The Labute approximate surface area is 184 Å². The van der Waals surface area contributed by atoms with Crippen molar-refractivity contribution < 1.29 is 22.9 Å². The zero-order valence-electron chi connectivity index (χ0n) is 16.7. The second-order valence-corrected chi connectivity index (χ2v) is 8.21. The number of nitrogens with zero attached hydrogens (tertiary/aromatic N) is 1. The third-order valence-corrected chi connectivity index (χ3v) is 5.19. The number of carbonyl (C=O) groups is 1. The fraction of sp³-hybridized carbons (Fsp3) is 0.0952. The SMILES string of the molecule is NS(=O)(=O)c1ccc(NCCC(=O)Nc2ccc(Oc3ccccc3)cc2)c([N+](=O)[O-])c1. The monoisotopic (exact) mass is 456 g/mol. The predicted molar refractivity (Wildman–Crippen MR) is 119 cm³/mol. The van der Waals surface area contributed by atoms with Gasteiger partial charge in [-0.2, -0.15) is 0 Å². The number of para-hydroxylation sites is 1. The molecule has 0 aliphatic heterocycles. The quantitative estimate of drug-likeness (QED) is 0.329. The average Bonchev–Trinajstić information content (AvgIpc) is 2.75. The van der Waals surface area contributed by atoms with Gasteiger partial charge in [-0.1, -0.05) is 18.2 Å². The lowest BCUT2D eigenvalue weighted by molar-refractivity contribution is -0.384. The largest absolute Gasteiger partial charge is 0.457 e. The van der Waals surface area contributed by atoms with E-state index in [1.165, 1.54) is 6.07 Å². The molecule has 0 fully saturated rings. The Balaban J connectivity index is 1.53. The molecule has 0 saturated carbocycles. The maximum Gasteiger partial charge on any atom is 0.293 e. The van der Waals surface area contributed by atoms with E-state index >= 15 is 0 Å². The van der Waals surface area contributed by atoms with Crippen LogP contribution in [-0.4, -0.2) is 25.8 Å². The van der Waals surface area contributed by atoms with Crippen molar-refractivity contribution in [3.63, 3.8) is 0 Å². The third-order valence-electron chi connectivity index (χ3n) is 4.28. The second-order valence-electron chi connectivity index (χ2n) is 6.65. The van der Waals surface area contributed by atoms with E-state index in [-0.39, 0.29) is 29.5 Å². The first-order valence-corrected chi connectivity index (χ1v) is 10.9. The number of benzene rings is 3. The van der Waals surface area contributed by atoms with Crippen LogP contribution in [0.15, 0.2) is 77.7 Å². The standard InChI is InChI=1S/C21H20N4O6S/c22-32(29,30)18-10-11-19(20(14-18)25(27)28)23-13-12-21(26)24-15-6-8-17(9-7-15)31-16-4-2-1-3-5-16/h1-11,14,23H,12-13H2,(H,24,26)(H2,22,29,30). The molecular formula is C21H20N4O6S. The van der Waals surface area contributed by atoms with E-state index in [2.05, 4.69) is 10.6 Å². The molecule has 0 spiro atoms. The summed E-state index contributed by atoms with van der Waals surface area (Å²) in [6, 6.07) is 19.4. The molecule has 166 valence electrons. The summed E-state index contributed by atoms with van der Waals surface area (Å²) in [5.41, 5.74) is 0.197. The number of ether oxygens (including phenoxy) is 1. The van der Waals surface area contributed by atoms with E-state index in [9.17, 15) is 23.3 Å². The Bertz CT molecular complexity index is 1210. The van der Waals surface area contributed by atoms with Crippen molar-refractivity contribution in [2.24, 2.45) is 5.14 Å². The van der Waals surface area contributed by atoms with Gasteiger partial charge in [0.05, 0.1) is 9.82 Å². The van der Waals surface area contributed by atoms with E-state index in [0.717, 1.165) is 12.1 Å². The van der Waals surface area contributed by atoms with Crippen LogP contribution in [0, 0.1) is 10.1 Å². The fourth-order valence-electron chi connectivity index (χ4n) is 2.75. The minimum Gasteiger partial charge on any atom is -0.457 e. The molecule has 10 nitrogen and oxygen atoms in total. The Morgan fingerprint density at radius 2 is 1.66 bits per heavy atom. The molecule has 11 heteroatoms. The average molecular weight is 456 g/mol. The number of rotatable bonds is 9. The van der Waals surface area contributed by atoms with Crippen LogP contribution in [0.1, 0.15) is 6.42 Å².